The van der Waals surface area contributed by atoms with Gasteiger partial charge in [-0.05, 0) is 50.6 Å². The van der Waals surface area contributed by atoms with Crippen molar-refractivity contribution in [3.05, 3.63) is 33.8 Å². The number of nitrogens with zero attached hydrogens (tertiary/aromatic N) is 1. The summed E-state index contributed by atoms with van der Waals surface area (Å²) in [6, 6.07) is 5.60. The number of benzene rings is 1. The van der Waals surface area contributed by atoms with Gasteiger partial charge in [0.05, 0.1) is 5.66 Å². The fourth-order valence-electron chi connectivity index (χ4n) is 2.39. The molecule has 0 aliphatic carbocycles. The first-order chi connectivity index (χ1) is 7.99. The Morgan fingerprint density at radius 1 is 1.29 bits per heavy atom. The second-order valence-electron chi connectivity index (χ2n) is 4.96. The van der Waals surface area contributed by atoms with Gasteiger partial charge in [-0.3, -0.25) is 4.90 Å². The van der Waals surface area contributed by atoms with Gasteiger partial charge in [-0.1, -0.05) is 29.3 Å². The first-order valence-electron chi connectivity index (χ1n) is 5.97. The molecule has 0 spiro atoms. The van der Waals surface area contributed by atoms with Gasteiger partial charge < -0.3 is 5.73 Å². The molecule has 1 aromatic carbocycles. The van der Waals surface area contributed by atoms with Gasteiger partial charge in [0.2, 0.25) is 0 Å². The van der Waals surface area contributed by atoms with Crippen LogP contribution in [-0.2, 0) is 6.42 Å². The Hall–Kier alpha value is -0.280. The molecule has 1 unspecified atom stereocenters. The third-order valence-corrected chi connectivity index (χ3v) is 3.98. The number of rotatable bonds is 3. The van der Waals surface area contributed by atoms with Crippen LogP contribution in [-0.4, -0.2) is 23.7 Å². The highest BCUT2D eigenvalue weighted by molar-refractivity contribution is 6.35. The van der Waals surface area contributed by atoms with Gasteiger partial charge >= 0.3 is 0 Å². The largest absolute Gasteiger partial charge is 0.313 e. The van der Waals surface area contributed by atoms with Crippen LogP contribution in [0.2, 0.25) is 10.0 Å². The molecule has 1 aromatic rings. The second-order valence-corrected chi connectivity index (χ2v) is 5.81. The maximum absolute atomic E-state index is 6.40. The van der Waals surface area contributed by atoms with Crippen molar-refractivity contribution >= 4 is 23.2 Å². The van der Waals surface area contributed by atoms with Crippen molar-refractivity contribution in [1.82, 2.24) is 4.90 Å². The number of hydrogen-bond acceptors (Lipinski definition) is 2. The summed E-state index contributed by atoms with van der Waals surface area (Å²) in [5, 5.41) is 1.37. The first-order valence-corrected chi connectivity index (χ1v) is 6.72. The molecule has 1 aliphatic rings. The minimum atomic E-state index is -0.325. The van der Waals surface area contributed by atoms with Gasteiger partial charge in [-0.15, -0.1) is 0 Å². The molecule has 2 rings (SSSR count). The average Bonchev–Trinajstić information content (AvgIpc) is 2.76. The monoisotopic (exact) mass is 272 g/mol. The van der Waals surface area contributed by atoms with Gasteiger partial charge in [-0.25, -0.2) is 0 Å². The summed E-state index contributed by atoms with van der Waals surface area (Å²) >= 11 is 12.1. The van der Waals surface area contributed by atoms with Gasteiger partial charge in [0.15, 0.2) is 0 Å². The molecule has 17 heavy (non-hydrogen) atoms. The van der Waals surface area contributed by atoms with Gasteiger partial charge in [0.25, 0.3) is 0 Å². The Morgan fingerprint density at radius 3 is 2.53 bits per heavy atom. The number of halogens is 2. The van der Waals surface area contributed by atoms with Crippen molar-refractivity contribution in [2.45, 2.75) is 31.8 Å². The topological polar surface area (TPSA) is 29.3 Å². The minimum Gasteiger partial charge on any atom is -0.313 e. The van der Waals surface area contributed by atoms with E-state index in [-0.39, 0.29) is 5.66 Å². The number of likely N-dealkylation sites (tertiary alicyclic amines) is 1. The first kappa shape index (κ1) is 13.2. The lowest BCUT2D eigenvalue weighted by Gasteiger charge is -2.35. The summed E-state index contributed by atoms with van der Waals surface area (Å²) in [5.74, 6) is 0. The maximum atomic E-state index is 6.40. The summed E-state index contributed by atoms with van der Waals surface area (Å²) < 4.78 is 0. The Labute approximate surface area is 113 Å². The van der Waals surface area contributed by atoms with Crippen LogP contribution in [0, 0.1) is 0 Å². The lowest BCUT2D eigenvalue weighted by atomic mass is 10.0. The SMILES string of the molecule is CC(N)(Cc1ccc(Cl)cc1Cl)N1CCCC1. The van der Waals surface area contributed by atoms with Crippen LogP contribution in [0.1, 0.15) is 25.3 Å². The zero-order chi connectivity index (χ0) is 12.5. The van der Waals surface area contributed by atoms with Crippen LogP contribution in [0.4, 0.5) is 0 Å². The molecule has 1 atom stereocenters. The summed E-state index contributed by atoms with van der Waals surface area (Å²) in [4.78, 5) is 2.33. The van der Waals surface area contributed by atoms with E-state index < -0.39 is 0 Å². The minimum absolute atomic E-state index is 0.325. The molecular weight excluding hydrogens is 255 g/mol. The predicted molar refractivity (Wildman–Crippen MR) is 73.6 cm³/mol. The van der Waals surface area contributed by atoms with E-state index in [4.69, 9.17) is 28.9 Å². The van der Waals surface area contributed by atoms with Crippen molar-refractivity contribution in [1.29, 1.82) is 0 Å². The smallest absolute Gasteiger partial charge is 0.0700 e. The van der Waals surface area contributed by atoms with Crippen LogP contribution in [0.25, 0.3) is 0 Å². The molecule has 0 saturated carbocycles. The standard InChI is InChI=1S/C13H18Cl2N2/c1-13(16,17-6-2-3-7-17)9-10-4-5-11(14)8-12(10)15/h4-5,8H,2-3,6-7,9,16H2,1H3. The highest BCUT2D eigenvalue weighted by Gasteiger charge is 2.30. The molecule has 0 radical (unpaired) electrons. The molecule has 94 valence electrons. The normalized spacial score (nSPS) is 20.5. The molecule has 2 N–H and O–H groups in total. The zero-order valence-corrected chi connectivity index (χ0v) is 11.6. The molecule has 1 heterocycles. The van der Waals surface area contributed by atoms with E-state index in [0.717, 1.165) is 25.1 Å². The summed E-state index contributed by atoms with van der Waals surface area (Å²) in [6.07, 6.45) is 3.23. The average molecular weight is 273 g/mol. The lowest BCUT2D eigenvalue weighted by molar-refractivity contribution is 0.142. The fourth-order valence-corrected chi connectivity index (χ4v) is 2.87. The molecular formula is C13H18Cl2N2. The molecule has 4 heteroatoms. The van der Waals surface area contributed by atoms with Crippen LogP contribution in [0.3, 0.4) is 0 Å². The van der Waals surface area contributed by atoms with E-state index in [1.54, 1.807) is 6.07 Å². The predicted octanol–water partition coefficient (Wildman–Crippen LogP) is 3.31. The Kier molecular flexibility index (Phi) is 3.99. The molecule has 0 bridgehead atoms. The Morgan fingerprint density at radius 2 is 1.94 bits per heavy atom. The lowest BCUT2D eigenvalue weighted by Crippen LogP contribution is -2.54. The summed E-state index contributed by atoms with van der Waals surface area (Å²) in [7, 11) is 0. The third kappa shape index (κ3) is 3.14. The van der Waals surface area contributed by atoms with E-state index in [1.807, 2.05) is 12.1 Å². The van der Waals surface area contributed by atoms with Crippen molar-refractivity contribution in [3.63, 3.8) is 0 Å². The highest BCUT2D eigenvalue weighted by Crippen LogP contribution is 2.26. The molecule has 0 aromatic heterocycles. The van der Waals surface area contributed by atoms with Crippen LogP contribution in [0.15, 0.2) is 18.2 Å². The molecule has 2 nitrogen and oxygen atoms in total. The van der Waals surface area contributed by atoms with E-state index >= 15 is 0 Å². The van der Waals surface area contributed by atoms with Crippen LogP contribution < -0.4 is 5.73 Å². The van der Waals surface area contributed by atoms with Crippen LogP contribution in [0.5, 0.6) is 0 Å². The van der Waals surface area contributed by atoms with Gasteiger partial charge in [0.1, 0.15) is 0 Å². The van der Waals surface area contributed by atoms with Crippen molar-refractivity contribution in [3.8, 4) is 0 Å². The van der Waals surface area contributed by atoms with Crippen molar-refractivity contribution in [2.75, 3.05) is 13.1 Å². The maximum Gasteiger partial charge on any atom is 0.0700 e. The van der Waals surface area contributed by atoms with Crippen molar-refractivity contribution < 1.29 is 0 Å². The molecule has 1 saturated heterocycles. The zero-order valence-electron chi connectivity index (χ0n) is 10.0. The van der Waals surface area contributed by atoms with Crippen molar-refractivity contribution in [2.24, 2.45) is 5.73 Å². The van der Waals surface area contributed by atoms with E-state index in [2.05, 4.69) is 11.8 Å². The molecule has 1 fully saturated rings. The fraction of sp³-hybridized carbons (Fsp3) is 0.538. The van der Waals surface area contributed by atoms with E-state index in [9.17, 15) is 0 Å². The Bertz CT molecular complexity index is 398. The second kappa shape index (κ2) is 5.15. The van der Waals surface area contributed by atoms with Gasteiger partial charge in [-0.2, -0.15) is 0 Å². The molecule has 1 aliphatic heterocycles. The summed E-state index contributed by atoms with van der Waals surface area (Å²) in [6.45, 7) is 4.24. The number of hydrogen-bond donors (Lipinski definition) is 1. The van der Waals surface area contributed by atoms with E-state index in [1.165, 1.54) is 12.8 Å². The van der Waals surface area contributed by atoms with E-state index in [0.29, 0.717) is 10.0 Å². The molecule has 0 amide bonds. The quantitative estimate of drug-likeness (QED) is 0.915. The Balaban J connectivity index is 2.13. The highest BCUT2D eigenvalue weighted by atomic mass is 35.5. The summed E-state index contributed by atoms with van der Waals surface area (Å²) in [5.41, 5.74) is 7.13. The third-order valence-electron chi connectivity index (χ3n) is 3.39. The number of nitrogens with two attached hydrogens (primary N) is 1. The van der Waals surface area contributed by atoms with Crippen LogP contribution >= 0.6 is 23.2 Å². The van der Waals surface area contributed by atoms with Gasteiger partial charge in [0, 0.05) is 16.5 Å².